The molecule has 2 aliphatic rings. The van der Waals surface area contributed by atoms with Gasteiger partial charge in [-0.2, -0.15) is 0 Å². The number of aromatic nitrogens is 1. The predicted octanol–water partition coefficient (Wildman–Crippen LogP) is 18.7. The van der Waals surface area contributed by atoms with Gasteiger partial charge in [0, 0.05) is 38.8 Å². The fraction of sp³-hybridized carbons (Fsp3) is 0.0526. The molecule has 2 aromatic heterocycles. The summed E-state index contributed by atoms with van der Waals surface area (Å²) in [6.45, 7) is 6.61. The number of ether oxygens (including phenoxy) is 1. The highest BCUT2D eigenvalue weighted by Crippen LogP contribution is 2.51. The minimum Gasteiger partial charge on any atom is -0.458 e. The van der Waals surface area contributed by atoms with E-state index in [1.54, 1.807) is 0 Å². The van der Waals surface area contributed by atoms with Gasteiger partial charge in [-0.15, -0.1) is 0 Å². The first-order valence-corrected chi connectivity index (χ1v) is 28.1. The maximum absolute atomic E-state index is 7.46. The number of hydrogen-bond acceptors (Lipinski definition) is 3. The Labute approximate surface area is 471 Å². The maximum Gasteiger partial charge on any atom is 0.256 e. The number of hydrogen-bond donors (Lipinski definition) is 0. The molecule has 382 valence electrons. The van der Waals surface area contributed by atoms with Gasteiger partial charge in [-0.3, -0.25) is 0 Å². The highest BCUT2D eigenvalue weighted by molar-refractivity contribution is 6.99. The maximum atomic E-state index is 7.46. The van der Waals surface area contributed by atoms with E-state index in [0.717, 1.165) is 112 Å². The molecule has 0 amide bonds. The molecule has 0 fully saturated rings. The van der Waals surface area contributed by atoms with Crippen molar-refractivity contribution >= 4 is 83.9 Å². The van der Waals surface area contributed by atoms with Crippen molar-refractivity contribution in [3.8, 4) is 72.8 Å². The molecule has 16 rings (SSSR count). The van der Waals surface area contributed by atoms with Gasteiger partial charge in [-0.05, 0) is 156 Å². The molecular weight excluding hydrogens is 984 g/mol. The molecule has 0 unspecified atom stereocenters. The number of para-hydroxylation sites is 1. The highest BCUT2D eigenvalue weighted by atomic mass is 16.5. The molecule has 2 aliphatic heterocycles. The van der Waals surface area contributed by atoms with Crippen molar-refractivity contribution in [1.29, 1.82) is 0 Å². The monoisotopic (exact) mass is 1040 g/mol. The van der Waals surface area contributed by atoms with Crippen molar-refractivity contribution in [3.05, 3.63) is 272 Å². The number of nitrogens with zero attached hydrogens (tertiary/aromatic N) is 2. The van der Waals surface area contributed by atoms with Gasteiger partial charge < -0.3 is 18.6 Å². The molecule has 0 aliphatic carbocycles. The van der Waals surface area contributed by atoms with Gasteiger partial charge in [0.25, 0.3) is 6.71 Å². The van der Waals surface area contributed by atoms with Crippen molar-refractivity contribution in [1.82, 2.24) is 4.57 Å². The molecule has 12 aromatic carbocycles. The molecular formula is C76H53BN2O2. The predicted molar refractivity (Wildman–Crippen MR) is 340 cm³/mol. The first-order chi connectivity index (χ1) is 39.8. The van der Waals surface area contributed by atoms with E-state index in [9.17, 15) is 0 Å². The Morgan fingerprint density at radius 3 is 1.56 bits per heavy atom. The minimum absolute atomic E-state index is 0.00765. The lowest BCUT2D eigenvalue weighted by Gasteiger charge is -2.41. The van der Waals surface area contributed by atoms with E-state index in [4.69, 9.17) is 9.15 Å². The lowest BCUT2D eigenvalue weighted by atomic mass is 9.34. The molecule has 14 aromatic rings. The van der Waals surface area contributed by atoms with Crippen LogP contribution in [0.2, 0.25) is 0 Å². The van der Waals surface area contributed by atoms with E-state index in [1.807, 2.05) is 0 Å². The van der Waals surface area contributed by atoms with Crippen molar-refractivity contribution in [3.63, 3.8) is 0 Å². The van der Waals surface area contributed by atoms with Gasteiger partial charge in [-0.25, -0.2) is 0 Å². The number of benzene rings is 12. The normalized spacial score (nSPS) is 12.7. The second kappa shape index (κ2) is 18.2. The van der Waals surface area contributed by atoms with Gasteiger partial charge in [0.2, 0.25) is 0 Å². The van der Waals surface area contributed by atoms with E-state index in [0.29, 0.717) is 0 Å². The van der Waals surface area contributed by atoms with Gasteiger partial charge in [-0.1, -0.05) is 209 Å². The summed E-state index contributed by atoms with van der Waals surface area (Å²) in [5.41, 5.74) is 24.5. The largest absolute Gasteiger partial charge is 0.458 e. The Morgan fingerprint density at radius 1 is 0.370 bits per heavy atom. The smallest absolute Gasteiger partial charge is 0.256 e. The van der Waals surface area contributed by atoms with E-state index in [-0.39, 0.29) is 12.1 Å². The Hall–Kier alpha value is -10.1. The average molecular weight is 1040 g/mol. The van der Waals surface area contributed by atoms with Crippen LogP contribution in [0.25, 0.3) is 105 Å². The van der Waals surface area contributed by atoms with E-state index in [2.05, 4.69) is 297 Å². The quantitative estimate of drug-likeness (QED) is 0.149. The molecule has 0 atom stereocenters. The molecule has 0 N–H and O–H groups in total. The first-order valence-electron chi connectivity index (χ1n) is 28.1. The summed E-state index contributed by atoms with van der Waals surface area (Å²) < 4.78 is 16.7. The lowest BCUT2D eigenvalue weighted by molar-refractivity contribution is 0.487. The molecule has 0 bridgehead atoms. The molecule has 4 nitrogen and oxygen atoms in total. The lowest BCUT2D eigenvalue weighted by Crippen LogP contribution is -2.59. The number of fused-ring (bicyclic) bond motifs is 10. The molecule has 0 radical (unpaired) electrons. The summed E-state index contributed by atoms with van der Waals surface area (Å²) in [6, 6.07) is 97.6. The van der Waals surface area contributed by atoms with Crippen LogP contribution in [0.1, 0.15) is 26.3 Å². The fourth-order valence-electron chi connectivity index (χ4n) is 13.1. The third-order valence-corrected chi connectivity index (χ3v) is 17.0. The molecule has 5 heteroatoms. The average Bonchev–Trinajstić information content (AvgIpc) is 2.74. The zero-order valence-electron chi connectivity index (χ0n) is 45.2. The second-order valence-electron chi connectivity index (χ2n) is 22.8. The molecule has 0 saturated heterocycles. The van der Waals surface area contributed by atoms with Gasteiger partial charge in [0.1, 0.15) is 22.7 Å². The Kier molecular flexibility index (Phi) is 10.6. The third-order valence-electron chi connectivity index (χ3n) is 17.0. The topological polar surface area (TPSA) is 30.5 Å². The van der Waals surface area contributed by atoms with Crippen molar-refractivity contribution < 1.29 is 9.15 Å². The van der Waals surface area contributed by atoms with Crippen LogP contribution < -0.4 is 26.0 Å². The summed E-state index contributed by atoms with van der Waals surface area (Å²) >= 11 is 0. The zero-order valence-corrected chi connectivity index (χ0v) is 45.2. The Balaban J connectivity index is 0.979. The molecule has 4 heterocycles. The summed E-state index contributed by atoms with van der Waals surface area (Å²) in [7, 11) is 0. The summed E-state index contributed by atoms with van der Waals surface area (Å²) in [5.74, 6) is 1.69. The summed E-state index contributed by atoms with van der Waals surface area (Å²) in [4.78, 5) is 2.54. The van der Waals surface area contributed by atoms with Crippen molar-refractivity contribution in [2.45, 2.75) is 26.2 Å². The van der Waals surface area contributed by atoms with Gasteiger partial charge in [0.05, 0.1) is 22.1 Å². The number of furan rings is 1. The SMILES string of the molecule is CC(C)(C)c1ccc(-c2cc3c4c(c2)N(c2c(-c5ccccc5)ccc5oc6ccccc6c25)c2ccc(-c5ccccc5)cc2B4c2cc(-n4c5ccc(-c6ccccc6)cc5c5cc(-c6ccccc6)ccc54)ccc2O3)cc1. The van der Waals surface area contributed by atoms with Gasteiger partial charge in [0.15, 0.2) is 0 Å². The van der Waals surface area contributed by atoms with Crippen LogP contribution in [0.4, 0.5) is 17.1 Å². The number of rotatable bonds is 7. The minimum atomic E-state index is -0.214. The highest BCUT2D eigenvalue weighted by Gasteiger charge is 2.44. The fourth-order valence-corrected chi connectivity index (χ4v) is 13.1. The van der Waals surface area contributed by atoms with E-state index >= 15 is 0 Å². The molecule has 0 spiro atoms. The van der Waals surface area contributed by atoms with E-state index in [1.165, 1.54) is 44.1 Å². The van der Waals surface area contributed by atoms with Crippen LogP contribution in [0.3, 0.4) is 0 Å². The van der Waals surface area contributed by atoms with Crippen molar-refractivity contribution in [2.24, 2.45) is 0 Å². The standard InChI is InChI=1S/C76H53BN2O2/c1-76(2,3)57-33-28-51(29-34-57)56-45-68-74-72(46-56)81-70-40-35-58(78-65-37-30-53(48-18-8-4-9-19-48)42-61(65)62-43-54(31-38-66(62)78)49-20-10-5-11-21-49)47-64(70)77(74)63-44-55(50-22-12-6-13-23-50)32-39-67(63)79(68)75-59(52-24-14-7-15-25-52)36-41-71-73(75)60-26-16-17-27-69(60)80-71/h4-47H,1-3H3. The van der Waals surface area contributed by atoms with Crippen molar-refractivity contribution in [2.75, 3.05) is 4.90 Å². The van der Waals surface area contributed by atoms with Crippen LogP contribution in [-0.4, -0.2) is 11.3 Å². The summed E-state index contributed by atoms with van der Waals surface area (Å²) in [5, 5.41) is 4.54. The molecule has 0 saturated carbocycles. The molecule has 81 heavy (non-hydrogen) atoms. The second-order valence-corrected chi connectivity index (χ2v) is 22.8. The van der Waals surface area contributed by atoms with Crippen LogP contribution >= 0.6 is 0 Å². The third kappa shape index (κ3) is 7.60. The summed E-state index contributed by atoms with van der Waals surface area (Å²) in [6.07, 6.45) is 0. The number of anilines is 3. The Morgan fingerprint density at radius 2 is 0.926 bits per heavy atom. The van der Waals surface area contributed by atoms with Crippen LogP contribution in [0, 0.1) is 0 Å². The van der Waals surface area contributed by atoms with Crippen LogP contribution in [-0.2, 0) is 5.41 Å². The first kappa shape index (κ1) is 47.0. The van der Waals surface area contributed by atoms with Crippen LogP contribution in [0.15, 0.2) is 271 Å². The Bertz CT molecular complexity index is 4710. The van der Waals surface area contributed by atoms with Crippen LogP contribution in [0.5, 0.6) is 11.5 Å². The van der Waals surface area contributed by atoms with E-state index < -0.39 is 0 Å². The zero-order chi connectivity index (χ0) is 53.9. The van der Waals surface area contributed by atoms with Gasteiger partial charge >= 0.3 is 0 Å².